The molecule has 2 aromatic heterocycles. The highest BCUT2D eigenvalue weighted by Crippen LogP contribution is 2.12. The monoisotopic (exact) mass is 498 g/mol. The van der Waals surface area contributed by atoms with E-state index in [4.69, 9.17) is 4.98 Å². The average molecular weight is 498 g/mol. The number of nitrogens with one attached hydrogen (secondary N) is 2. The third-order valence-electron chi connectivity index (χ3n) is 5.38. The molecule has 3 heterocycles. The summed E-state index contributed by atoms with van der Waals surface area (Å²) in [4.78, 5) is 11.7. The summed E-state index contributed by atoms with van der Waals surface area (Å²) >= 11 is 0. The highest BCUT2D eigenvalue weighted by Gasteiger charge is 2.19. The van der Waals surface area contributed by atoms with Crippen LogP contribution in [0.5, 0.6) is 0 Å². The number of hydrogen-bond acceptors (Lipinski definition) is 3. The molecular formula is C21H35IN6. The summed E-state index contributed by atoms with van der Waals surface area (Å²) < 4.78 is 2.10. The van der Waals surface area contributed by atoms with Gasteiger partial charge in [-0.2, -0.15) is 0 Å². The minimum atomic E-state index is 0. The first-order chi connectivity index (χ1) is 13.2. The lowest BCUT2D eigenvalue weighted by atomic mass is 10.0. The van der Waals surface area contributed by atoms with Gasteiger partial charge in [-0.1, -0.05) is 19.4 Å². The molecule has 1 saturated heterocycles. The molecule has 0 aromatic carbocycles. The van der Waals surface area contributed by atoms with E-state index in [0.717, 1.165) is 30.3 Å². The zero-order chi connectivity index (χ0) is 19.1. The fraction of sp³-hybridized carbons (Fsp3) is 0.619. The van der Waals surface area contributed by atoms with Gasteiger partial charge < -0.3 is 19.9 Å². The number of likely N-dealkylation sites (tertiary alicyclic amines) is 1. The maximum absolute atomic E-state index is 4.74. The lowest BCUT2D eigenvalue weighted by Gasteiger charge is -2.33. The van der Waals surface area contributed by atoms with E-state index in [1.54, 1.807) is 0 Å². The minimum absolute atomic E-state index is 0. The van der Waals surface area contributed by atoms with Crippen LogP contribution in [0.15, 0.2) is 29.5 Å². The zero-order valence-electron chi connectivity index (χ0n) is 17.4. The second-order valence-corrected chi connectivity index (χ2v) is 7.52. The number of guanidine groups is 1. The first-order valence-corrected chi connectivity index (χ1v) is 10.3. The maximum Gasteiger partial charge on any atom is 0.191 e. The van der Waals surface area contributed by atoms with Gasteiger partial charge >= 0.3 is 0 Å². The first kappa shape index (κ1) is 22.9. The highest BCUT2D eigenvalue weighted by atomic mass is 127. The summed E-state index contributed by atoms with van der Waals surface area (Å²) in [5.41, 5.74) is 3.36. The molecule has 0 atom stereocenters. The Morgan fingerprint density at radius 2 is 2.11 bits per heavy atom. The Kier molecular flexibility index (Phi) is 9.50. The van der Waals surface area contributed by atoms with E-state index in [1.807, 2.05) is 7.05 Å². The van der Waals surface area contributed by atoms with Crippen LogP contribution in [0.25, 0.3) is 5.65 Å². The number of aliphatic imine (C=N–C) groups is 1. The fourth-order valence-electron chi connectivity index (χ4n) is 3.70. The van der Waals surface area contributed by atoms with E-state index in [0.29, 0.717) is 6.04 Å². The molecule has 0 amide bonds. The molecule has 1 aliphatic rings. The number of aryl methyl sites for hydroxylation is 1. The van der Waals surface area contributed by atoms with Crippen molar-refractivity contribution < 1.29 is 0 Å². The maximum atomic E-state index is 4.74. The van der Waals surface area contributed by atoms with Crippen molar-refractivity contribution >= 4 is 35.6 Å². The summed E-state index contributed by atoms with van der Waals surface area (Å²) in [6, 6.07) is 4.68. The molecule has 0 aliphatic carbocycles. The van der Waals surface area contributed by atoms with Gasteiger partial charge in [0.2, 0.25) is 0 Å². The number of nitrogens with zero attached hydrogens (tertiary/aromatic N) is 4. The van der Waals surface area contributed by atoms with Crippen LogP contribution >= 0.6 is 24.0 Å². The van der Waals surface area contributed by atoms with Gasteiger partial charge in [0.15, 0.2) is 5.96 Å². The van der Waals surface area contributed by atoms with Crippen molar-refractivity contribution in [3.05, 3.63) is 35.8 Å². The molecule has 7 heteroatoms. The molecular weight excluding hydrogens is 463 g/mol. The number of hydrogen-bond donors (Lipinski definition) is 2. The predicted molar refractivity (Wildman–Crippen MR) is 128 cm³/mol. The lowest BCUT2D eigenvalue weighted by Crippen LogP contribution is -2.49. The Morgan fingerprint density at radius 1 is 1.32 bits per heavy atom. The van der Waals surface area contributed by atoms with E-state index in [1.165, 1.54) is 50.9 Å². The molecule has 0 spiro atoms. The van der Waals surface area contributed by atoms with Crippen LogP contribution in [-0.2, 0) is 6.42 Å². The molecule has 2 aromatic rings. The van der Waals surface area contributed by atoms with Gasteiger partial charge in [0, 0.05) is 51.5 Å². The lowest BCUT2D eigenvalue weighted by molar-refractivity contribution is 0.203. The van der Waals surface area contributed by atoms with Crippen molar-refractivity contribution in [3.8, 4) is 0 Å². The standard InChI is InChI=1S/C21H34N6.HI/c1-4-5-12-26-14-9-18(10-15-26)25-21(22-3)23-11-8-19-16-27-13-6-7-17(2)20(27)24-19;/h6-7,13,16,18H,4-5,8-12,14-15H2,1-3H3,(H2,22,23,25);1H. The molecule has 1 fully saturated rings. The third-order valence-corrected chi connectivity index (χ3v) is 5.38. The van der Waals surface area contributed by atoms with Gasteiger partial charge in [-0.05, 0) is 44.4 Å². The quantitative estimate of drug-likeness (QED) is 0.350. The number of halogens is 1. The smallest absolute Gasteiger partial charge is 0.191 e. The Labute approximate surface area is 186 Å². The number of fused-ring (bicyclic) bond motifs is 1. The van der Waals surface area contributed by atoms with Crippen molar-refractivity contribution in [2.45, 2.75) is 52.0 Å². The van der Waals surface area contributed by atoms with Gasteiger partial charge in [0.25, 0.3) is 0 Å². The van der Waals surface area contributed by atoms with Crippen LogP contribution in [0.4, 0.5) is 0 Å². The van der Waals surface area contributed by atoms with Gasteiger partial charge in [-0.15, -0.1) is 24.0 Å². The Balaban J connectivity index is 0.00000280. The number of aromatic nitrogens is 2. The van der Waals surface area contributed by atoms with Crippen LogP contribution in [-0.4, -0.2) is 59.5 Å². The predicted octanol–water partition coefficient (Wildman–Crippen LogP) is 3.23. The summed E-state index contributed by atoms with van der Waals surface area (Å²) in [5.74, 6) is 0.905. The minimum Gasteiger partial charge on any atom is -0.356 e. The summed E-state index contributed by atoms with van der Waals surface area (Å²) in [6.45, 7) is 8.82. The SMILES string of the molecule is CCCCN1CCC(NC(=NC)NCCc2cn3cccc(C)c3n2)CC1.I. The summed E-state index contributed by atoms with van der Waals surface area (Å²) in [6.07, 6.45) is 10.0. The van der Waals surface area contributed by atoms with Crippen molar-refractivity contribution in [3.63, 3.8) is 0 Å². The fourth-order valence-corrected chi connectivity index (χ4v) is 3.70. The largest absolute Gasteiger partial charge is 0.356 e. The second kappa shape index (κ2) is 11.6. The molecule has 0 bridgehead atoms. The summed E-state index contributed by atoms with van der Waals surface area (Å²) in [7, 11) is 1.85. The number of unbranched alkanes of at least 4 members (excludes halogenated alkanes) is 1. The molecule has 2 N–H and O–H groups in total. The molecule has 0 unspecified atom stereocenters. The van der Waals surface area contributed by atoms with E-state index in [9.17, 15) is 0 Å². The van der Waals surface area contributed by atoms with Crippen molar-refractivity contribution in [1.29, 1.82) is 0 Å². The molecule has 28 heavy (non-hydrogen) atoms. The number of imidazole rings is 1. The Hall–Kier alpha value is -1.35. The molecule has 0 saturated carbocycles. The van der Waals surface area contributed by atoms with Crippen LogP contribution in [0, 0.1) is 6.92 Å². The summed E-state index contributed by atoms with van der Waals surface area (Å²) in [5, 5.41) is 7.04. The topological polar surface area (TPSA) is 57.0 Å². The number of rotatable bonds is 7. The Bertz CT molecular complexity index is 748. The van der Waals surface area contributed by atoms with Crippen LogP contribution in [0.1, 0.15) is 43.9 Å². The Morgan fingerprint density at radius 3 is 2.79 bits per heavy atom. The molecule has 1 aliphatic heterocycles. The van der Waals surface area contributed by atoms with Gasteiger partial charge in [0.1, 0.15) is 5.65 Å². The second-order valence-electron chi connectivity index (χ2n) is 7.52. The first-order valence-electron chi connectivity index (χ1n) is 10.3. The van der Waals surface area contributed by atoms with Crippen LogP contribution in [0.3, 0.4) is 0 Å². The molecule has 3 rings (SSSR count). The number of pyridine rings is 1. The van der Waals surface area contributed by atoms with Gasteiger partial charge in [-0.3, -0.25) is 4.99 Å². The normalized spacial score (nSPS) is 16.2. The van der Waals surface area contributed by atoms with E-state index in [-0.39, 0.29) is 24.0 Å². The van der Waals surface area contributed by atoms with Gasteiger partial charge in [-0.25, -0.2) is 4.98 Å². The zero-order valence-corrected chi connectivity index (χ0v) is 19.8. The molecule has 0 radical (unpaired) electrons. The molecule has 156 valence electrons. The molecule has 6 nitrogen and oxygen atoms in total. The van der Waals surface area contributed by atoms with Crippen LogP contribution < -0.4 is 10.6 Å². The van der Waals surface area contributed by atoms with Crippen molar-refractivity contribution in [1.82, 2.24) is 24.9 Å². The van der Waals surface area contributed by atoms with Crippen molar-refractivity contribution in [2.75, 3.05) is 33.2 Å². The van der Waals surface area contributed by atoms with E-state index in [2.05, 4.69) is 63.3 Å². The van der Waals surface area contributed by atoms with E-state index < -0.39 is 0 Å². The van der Waals surface area contributed by atoms with E-state index >= 15 is 0 Å². The average Bonchev–Trinajstić information content (AvgIpc) is 3.11. The third kappa shape index (κ3) is 6.34. The highest BCUT2D eigenvalue weighted by molar-refractivity contribution is 14.0. The van der Waals surface area contributed by atoms with Gasteiger partial charge in [0.05, 0.1) is 5.69 Å². The van der Waals surface area contributed by atoms with Crippen LogP contribution in [0.2, 0.25) is 0 Å². The van der Waals surface area contributed by atoms with Crippen molar-refractivity contribution in [2.24, 2.45) is 4.99 Å². The number of piperidine rings is 1.